The molecular weight excluding hydrogens is 182 g/mol. The minimum Gasteiger partial charge on any atom is -0.300 e. The van der Waals surface area contributed by atoms with Gasteiger partial charge in [-0.15, -0.1) is 0 Å². The summed E-state index contributed by atoms with van der Waals surface area (Å²) >= 11 is 0. The first-order chi connectivity index (χ1) is 7.08. The second-order valence-electron chi connectivity index (χ2n) is 6.37. The zero-order chi connectivity index (χ0) is 11.0. The van der Waals surface area contributed by atoms with Crippen LogP contribution in [0, 0.1) is 23.7 Å². The van der Waals surface area contributed by atoms with Crippen LogP contribution in [0.1, 0.15) is 47.0 Å². The van der Waals surface area contributed by atoms with Crippen molar-refractivity contribution in [1.29, 1.82) is 0 Å². The van der Waals surface area contributed by atoms with Gasteiger partial charge in [0, 0.05) is 19.1 Å². The average Bonchev–Trinajstić information content (AvgIpc) is 2.53. The molecule has 0 radical (unpaired) electrons. The van der Waals surface area contributed by atoms with E-state index >= 15 is 0 Å². The zero-order valence-corrected chi connectivity index (χ0v) is 10.9. The minimum atomic E-state index is 0.751. The number of fused-ring (bicyclic) bond motifs is 1. The molecule has 1 saturated heterocycles. The Balaban J connectivity index is 2.02. The van der Waals surface area contributed by atoms with Gasteiger partial charge in [-0.3, -0.25) is 0 Å². The van der Waals surface area contributed by atoms with Crippen LogP contribution >= 0.6 is 0 Å². The maximum atomic E-state index is 2.70. The lowest BCUT2D eigenvalue weighted by Gasteiger charge is -2.23. The molecule has 1 heteroatoms. The van der Waals surface area contributed by atoms with Crippen LogP contribution < -0.4 is 0 Å². The van der Waals surface area contributed by atoms with E-state index in [1.807, 2.05) is 0 Å². The molecule has 15 heavy (non-hydrogen) atoms. The summed E-state index contributed by atoms with van der Waals surface area (Å²) in [6.07, 6.45) is 4.42. The van der Waals surface area contributed by atoms with Crippen molar-refractivity contribution in [2.75, 3.05) is 13.1 Å². The van der Waals surface area contributed by atoms with Gasteiger partial charge in [-0.2, -0.15) is 0 Å². The van der Waals surface area contributed by atoms with Crippen molar-refractivity contribution in [3.05, 3.63) is 0 Å². The molecule has 2 aliphatic rings. The van der Waals surface area contributed by atoms with E-state index in [0.717, 1.165) is 29.7 Å². The van der Waals surface area contributed by atoms with Crippen molar-refractivity contribution in [3.8, 4) is 0 Å². The molecule has 1 aliphatic heterocycles. The van der Waals surface area contributed by atoms with Gasteiger partial charge in [-0.1, -0.05) is 20.3 Å². The largest absolute Gasteiger partial charge is 0.300 e. The molecule has 4 unspecified atom stereocenters. The van der Waals surface area contributed by atoms with Gasteiger partial charge in [0.1, 0.15) is 0 Å². The van der Waals surface area contributed by atoms with Crippen LogP contribution in [0.15, 0.2) is 0 Å². The zero-order valence-electron chi connectivity index (χ0n) is 10.9. The van der Waals surface area contributed by atoms with Crippen molar-refractivity contribution in [2.45, 2.75) is 53.0 Å². The highest BCUT2D eigenvalue weighted by Gasteiger charge is 2.38. The van der Waals surface area contributed by atoms with E-state index < -0.39 is 0 Å². The van der Waals surface area contributed by atoms with Gasteiger partial charge in [-0.05, 0) is 50.4 Å². The molecule has 0 N–H and O–H groups in total. The quantitative estimate of drug-likeness (QED) is 0.640. The highest BCUT2D eigenvalue weighted by molar-refractivity contribution is 4.90. The molecule has 1 heterocycles. The van der Waals surface area contributed by atoms with E-state index in [-0.39, 0.29) is 0 Å². The number of likely N-dealkylation sites (tertiary alicyclic amines) is 1. The lowest BCUT2D eigenvalue weighted by atomic mass is 9.84. The normalized spacial score (nSPS) is 43.0. The van der Waals surface area contributed by atoms with Gasteiger partial charge in [-0.25, -0.2) is 0 Å². The summed E-state index contributed by atoms with van der Waals surface area (Å²) in [4.78, 5) is 2.70. The van der Waals surface area contributed by atoms with E-state index in [9.17, 15) is 0 Å². The van der Waals surface area contributed by atoms with Gasteiger partial charge in [0.05, 0.1) is 0 Å². The Labute approximate surface area is 95.2 Å². The van der Waals surface area contributed by atoms with E-state index in [2.05, 4.69) is 32.6 Å². The van der Waals surface area contributed by atoms with E-state index in [4.69, 9.17) is 0 Å². The summed E-state index contributed by atoms with van der Waals surface area (Å²) < 4.78 is 0. The standard InChI is InChI=1S/C14H27N/c1-10(2)15-8-13-6-5-11(3)7-12(4)14(13)9-15/h10-14H,5-9H2,1-4H3. The van der Waals surface area contributed by atoms with Crippen LogP contribution in [0.25, 0.3) is 0 Å². The Bertz CT molecular complexity index is 211. The van der Waals surface area contributed by atoms with Gasteiger partial charge in [0.25, 0.3) is 0 Å². The van der Waals surface area contributed by atoms with Crippen molar-refractivity contribution in [3.63, 3.8) is 0 Å². The third-order valence-electron chi connectivity index (χ3n) is 4.79. The molecule has 88 valence electrons. The predicted molar refractivity (Wildman–Crippen MR) is 65.9 cm³/mol. The highest BCUT2D eigenvalue weighted by atomic mass is 15.2. The Kier molecular flexibility index (Phi) is 3.39. The Morgan fingerprint density at radius 1 is 1.07 bits per heavy atom. The van der Waals surface area contributed by atoms with Crippen molar-refractivity contribution < 1.29 is 0 Å². The van der Waals surface area contributed by atoms with E-state index in [1.165, 1.54) is 32.4 Å². The van der Waals surface area contributed by atoms with E-state index in [0.29, 0.717) is 0 Å². The number of rotatable bonds is 1. The SMILES string of the molecule is CC1CCC2CN(C(C)C)CC2C(C)C1. The average molecular weight is 209 g/mol. The molecule has 0 amide bonds. The smallest absolute Gasteiger partial charge is 0.00388 e. The second-order valence-corrected chi connectivity index (χ2v) is 6.37. The molecule has 0 spiro atoms. The van der Waals surface area contributed by atoms with Crippen molar-refractivity contribution in [2.24, 2.45) is 23.7 Å². The first-order valence-corrected chi connectivity index (χ1v) is 6.82. The molecule has 2 rings (SSSR count). The maximum Gasteiger partial charge on any atom is 0.00388 e. The molecular formula is C14H27N. The first kappa shape index (κ1) is 11.4. The van der Waals surface area contributed by atoms with Gasteiger partial charge >= 0.3 is 0 Å². The fourth-order valence-electron chi connectivity index (χ4n) is 3.73. The van der Waals surface area contributed by atoms with Crippen LogP contribution in [0.4, 0.5) is 0 Å². The first-order valence-electron chi connectivity index (χ1n) is 6.82. The second kappa shape index (κ2) is 4.45. The highest BCUT2D eigenvalue weighted by Crippen LogP contribution is 2.40. The fourth-order valence-corrected chi connectivity index (χ4v) is 3.73. The molecule has 0 aromatic heterocycles. The molecule has 1 saturated carbocycles. The summed E-state index contributed by atoms with van der Waals surface area (Å²) in [5.74, 6) is 3.93. The lowest BCUT2D eigenvalue weighted by Crippen LogP contribution is -2.29. The number of hydrogen-bond donors (Lipinski definition) is 0. The molecule has 0 aromatic carbocycles. The van der Waals surface area contributed by atoms with E-state index in [1.54, 1.807) is 0 Å². The van der Waals surface area contributed by atoms with Crippen molar-refractivity contribution in [1.82, 2.24) is 4.90 Å². The minimum absolute atomic E-state index is 0.751. The van der Waals surface area contributed by atoms with Crippen LogP contribution in [0.3, 0.4) is 0 Å². The fraction of sp³-hybridized carbons (Fsp3) is 1.00. The molecule has 0 aromatic rings. The van der Waals surface area contributed by atoms with Crippen LogP contribution in [-0.2, 0) is 0 Å². The lowest BCUT2D eigenvalue weighted by molar-refractivity contribution is 0.239. The molecule has 1 aliphatic carbocycles. The summed E-state index contributed by atoms with van der Waals surface area (Å²) in [5.41, 5.74) is 0. The molecule has 4 atom stereocenters. The van der Waals surface area contributed by atoms with Crippen molar-refractivity contribution >= 4 is 0 Å². The Hall–Kier alpha value is -0.0400. The van der Waals surface area contributed by atoms with Gasteiger partial charge in [0.15, 0.2) is 0 Å². The Morgan fingerprint density at radius 3 is 2.47 bits per heavy atom. The maximum absolute atomic E-state index is 2.70. The number of nitrogens with zero attached hydrogens (tertiary/aromatic N) is 1. The summed E-state index contributed by atoms with van der Waals surface area (Å²) in [6.45, 7) is 12.4. The summed E-state index contributed by atoms with van der Waals surface area (Å²) in [5, 5.41) is 0. The molecule has 1 nitrogen and oxygen atoms in total. The van der Waals surface area contributed by atoms with Crippen LogP contribution in [0.5, 0.6) is 0 Å². The van der Waals surface area contributed by atoms with Gasteiger partial charge in [0.2, 0.25) is 0 Å². The number of hydrogen-bond acceptors (Lipinski definition) is 1. The molecule has 0 bridgehead atoms. The Morgan fingerprint density at radius 2 is 1.80 bits per heavy atom. The van der Waals surface area contributed by atoms with Crippen LogP contribution in [0.2, 0.25) is 0 Å². The van der Waals surface area contributed by atoms with Gasteiger partial charge < -0.3 is 4.90 Å². The third kappa shape index (κ3) is 2.38. The molecule has 2 fully saturated rings. The summed E-state index contributed by atoms with van der Waals surface area (Å²) in [6, 6.07) is 0.751. The summed E-state index contributed by atoms with van der Waals surface area (Å²) in [7, 11) is 0. The topological polar surface area (TPSA) is 3.24 Å². The van der Waals surface area contributed by atoms with Crippen LogP contribution in [-0.4, -0.2) is 24.0 Å². The predicted octanol–water partition coefficient (Wildman–Crippen LogP) is 3.40. The third-order valence-corrected chi connectivity index (χ3v) is 4.79. The monoisotopic (exact) mass is 209 g/mol.